The molecule has 1 aliphatic heterocycles. The van der Waals surface area contributed by atoms with Gasteiger partial charge in [-0.15, -0.1) is 0 Å². The van der Waals surface area contributed by atoms with E-state index in [1.165, 1.54) is 0 Å². The number of aromatic amines is 1. The van der Waals surface area contributed by atoms with Crippen LogP contribution in [0.3, 0.4) is 0 Å². The van der Waals surface area contributed by atoms with Crippen LogP contribution >= 0.6 is 11.6 Å². The van der Waals surface area contributed by atoms with Crippen LogP contribution in [0.1, 0.15) is 22.5 Å². The van der Waals surface area contributed by atoms with Crippen LogP contribution in [0.2, 0.25) is 5.02 Å². The highest BCUT2D eigenvalue weighted by atomic mass is 35.5. The first-order valence-corrected chi connectivity index (χ1v) is 9.21. The number of H-pyrrole nitrogens is 1. The number of carbonyl (C=O) groups excluding carboxylic acids is 2. The minimum atomic E-state index is -0.403. The van der Waals surface area contributed by atoms with Gasteiger partial charge in [-0.2, -0.15) is 0 Å². The van der Waals surface area contributed by atoms with Crippen LogP contribution < -0.4 is 10.6 Å². The summed E-state index contributed by atoms with van der Waals surface area (Å²) in [7, 11) is 0. The SMILES string of the molecule is Cc1cc(C)c(C(C(=O)Nc2ccccc2Cl)=C2C(=O)Nc3ccccc32)[nH]1. The average Bonchev–Trinajstić information content (AvgIpc) is 3.16. The third-order valence-electron chi connectivity index (χ3n) is 4.67. The lowest BCUT2D eigenvalue weighted by Crippen LogP contribution is -2.18. The predicted molar refractivity (Wildman–Crippen MR) is 112 cm³/mol. The number of nitrogens with one attached hydrogen (secondary N) is 3. The number of rotatable bonds is 3. The molecule has 0 atom stereocenters. The normalized spacial score (nSPS) is 14.5. The van der Waals surface area contributed by atoms with Crippen molar-refractivity contribution in [2.45, 2.75) is 13.8 Å². The molecule has 5 nitrogen and oxygen atoms in total. The monoisotopic (exact) mass is 391 g/mol. The van der Waals surface area contributed by atoms with E-state index in [9.17, 15) is 9.59 Å². The number of hydrogen-bond donors (Lipinski definition) is 3. The van der Waals surface area contributed by atoms with Crippen LogP contribution in [-0.2, 0) is 9.59 Å². The molecule has 140 valence electrons. The minimum absolute atomic E-state index is 0.285. The number of aromatic nitrogens is 1. The molecule has 2 aromatic carbocycles. The Balaban J connectivity index is 1.91. The Bertz CT molecular complexity index is 1140. The molecular weight excluding hydrogens is 374 g/mol. The fourth-order valence-corrected chi connectivity index (χ4v) is 3.64. The van der Waals surface area contributed by atoms with E-state index in [-0.39, 0.29) is 11.5 Å². The molecule has 0 aliphatic carbocycles. The minimum Gasteiger partial charge on any atom is -0.358 e. The lowest BCUT2D eigenvalue weighted by molar-refractivity contribution is -0.112. The molecule has 0 spiro atoms. The largest absolute Gasteiger partial charge is 0.358 e. The maximum Gasteiger partial charge on any atom is 0.258 e. The highest BCUT2D eigenvalue weighted by Crippen LogP contribution is 2.38. The van der Waals surface area contributed by atoms with Crippen molar-refractivity contribution >= 4 is 45.9 Å². The standard InChI is InChI=1S/C22H18ClN3O2/c1-12-11-13(2)24-20(12)19(22(28)26-17-10-6-4-8-15(17)23)18-14-7-3-5-9-16(14)25-21(18)27/h3-11,24H,1-2H3,(H,25,27)(H,26,28). The lowest BCUT2D eigenvalue weighted by Gasteiger charge is -2.13. The van der Waals surface area contributed by atoms with Gasteiger partial charge >= 0.3 is 0 Å². The van der Waals surface area contributed by atoms with Crippen molar-refractivity contribution in [1.82, 2.24) is 4.98 Å². The molecule has 0 saturated carbocycles. The predicted octanol–water partition coefficient (Wildman–Crippen LogP) is 4.79. The second-order valence-electron chi connectivity index (χ2n) is 6.69. The third-order valence-corrected chi connectivity index (χ3v) is 5.00. The molecule has 0 radical (unpaired) electrons. The summed E-state index contributed by atoms with van der Waals surface area (Å²) in [5.74, 6) is -0.711. The van der Waals surface area contributed by atoms with E-state index in [0.717, 1.165) is 11.3 Å². The Hall–Kier alpha value is -3.31. The van der Waals surface area contributed by atoms with Gasteiger partial charge < -0.3 is 15.6 Å². The van der Waals surface area contributed by atoms with Gasteiger partial charge in [-0.25, -0.2) is 0 Å². The first-order valence-electron chi connectivity index (χ1n) is 8.83. The molecule has 2 heterocycles. The van der Waals surface area contributed by atoms with Crippen molar-refractivity contribution in [2.24, 2.45) is 0 Å². The summed E-state index contributed by atoms with van der Waals surface area (Å²) >= 11 is 6.21. The number of fused-ring (bicyclic) bond motifs is 1. The quantitative estimate of drug-likeness (QED) is 0.562. The molecule has 4 rings (SSSR count). The number of aryl methyl sites for hydroxylation is 2. The number of anilines is 2. The van der Waals surface area contributed by atoms with Crippen molar-refractivity contribution < 1.29 is 9.59 Å². The lowest BCUT2D eigenvalue weighted by atomic mass is 9.96. The fourth-order valence-electron chi connectivity index (χ4n) is 3.45. The van der Waals surface area contributed by atoms with Gasteiger partial charge in [-0.1, -0.05) is 41.9 Å². The summed E-state index contributed by atoms with van der Waals surface area (Å²) in [6, 6.07) is 16.3. The molecule has 0 unspecified atom stereocenters. The van der Waals surface area contributed by atoms with Crippen molar-refractivity contribution in [3.8, 4) is 0 Å². The van der Waals surface area contributed by atoms with Gasteiger partial charge in [-0.05, 0) is 43.7 Å². The first-order chi connectivity index (χ1) is 13.5. The summed E-state index contributed by atoms with van der Waals surface area (Å²) in [5, 5.41) is 6.11. The third kappa shape index (κ3) is 3.10. The van der Waals surface area contributed by atoms with E-state index in [1.807, 2.05) is 44.2 Å². The zero-order valence-corrected chi connectivity index (χ0v) is 16.1. The second kappa shape index (κ2) is 7.02. The average molecular weight is 392 g/mol. The van der Waals surface area contributed by atoms with E-state index >= 15 is 0 Å². The first kappa shape index (κ1) is 18.1. The highest BCUT2D eigenvalue weighted by Gasteiger charge is 2.32. The number of carbonyl (C=O) groups is 2. The van der Waals surface area contributed by atoms with Gasteiger partial charge in [0.15, 0.2) is 0 Å². The highest BCUT2D eigenvalue weighted by molar-refractivity contribution is 6.47. The Morgan fingerprint density at radius 2 is 1.75 bits per heavy atom. The molecule has 3 aromatic rings. The number of amides is 2. The molecular formula is C22H18ClN3O2. The number of para-hydroxylation sites is 2. The summed E-state index contributed by atoms with van der Waals surface area (Å²) in [4.78, 5) is 29.4. The van der Waals surface area contributed by atoms with Crippen LogP contribution in [0.5, 0.6) is 0 Å². The van der Waals surface area contributed by atoms with Crippen molar-refractivity contribution in [3.63, 3.8) is 0 Å². The van der Waals surface area contributed by atoms with Gasteiger partial charge in [-0.3, -0.25) is 9.59 Å². The summed E-state index contributed by atoms with van der Waals surface area (Å²) in [5.41, 5.74) is 4.89. The van der Waals surface area contributed by atoms with Crippen molar-refractivity contribution in [2.75, 3.05) is 10.6 Å². The van der Waals surface area contributed by atoms with Gasteiger partial charge in [0, 0.05) is 16.9 Å². The second-order valence-corrected chi connectivity index (χ2v) is 7.10. The molecule has 28 heavy (non-hydrogen) atoms. The van der Waals surface area contributed by atoms with E-state index < -0.39 is 5.91 Å². The maximum absolute atomic E-state index is 13.3. The van der Waals surface area contributed by atoms with E-state index in [0.29, 0.717) is 33.2 Å². The smallest absolute Gasteiger partial charge is 0.258 e. The van der Waals surface area contributed by atoms with Crippen molar-refractivity contribution in [3.05, 3.63) is 82.1 Å². The fraction of sp³-hybridized carbons (Fsp3) is 0.0909. The van der Waals surface area contributed by atoms with E-state index in [1.54, 1.807) is 24.3 Å². The molecule has 6 heteroatoms. The van der Waals surface area contributed by atoms with E-state index in [2.05, 4.69) is 15.6 Å². The summed E-state index contributed by atoms with van der Waals surface area (Å²) in [6.07, 6.45) is 0. The summed E-state index contributed by atoms with van der Waals surface area (Å²) in [6.45, 7) is 3.81. The maximum atomic E-state index is 13.3. The summed E-state index contributed by atoms with van der Waals surface area (Å²) < 4.78 is 0. The number of halogens is 1. The van der Waals surface area contributed by atoms with Gasteiger partial charge in [0.2, 0.25) is 0 Å². The molecule has 0 saturated heterocycles. The van der Waals surface area contributed by atoms with E-state index in [4.69, 9.17) is 11.6 Å². The van der Waals surface area contributed by atoms with Gasteiger partial charge in [0.05, 0.1) is 27.6 Å². The zero-order valence-electron chi connectivity index (χ0n) is 15.4. The van der Waals surface area contributed by atoms with Gasteiger partial charge in [0.1, 0.15) is 0 Å². The zero-order chi connectivity index (χ0) is 19.8. The van der Waals surface area contributed by atoms with Crippen LogP contribution in [0.25, 0.3) is 11.1 Å². The molecule has 3 N–H and O–H groups in total. The Kier molecular flexibility index (Phi) is 4.53. The molecule has 2 amide bonds. The van der Waals surface area contributed by atoms with Crippen molar-refractivity contribution in [1.29, 1.82) is 0 Å². The van der Waals surface area contributed by atoms with Gasteiger partial charge in [0.25, 0.3) is 11.8 Å². The molecule has 1 aromatic heterocycles. The number of hydrogen-bond acceptors (Lipinski definition) is 2. The van der Waals surface area contributed by atoms with Crippen LogP contribution in [0, 0.1) is 13.8 Å². The Morgan fingerprint density at radius 3 is 2.46 bits per heavy atom. The Labute approximate surface area is 167 Å². The van der Waals surface area contributed by atoms with Crippen LogP contribution in [0.4, 0.5) is 11.4 Å². The molecule has 0 bridgehead atoms. The molecule has 0 fully saturated rings. The molecule has 1 aliphatic rings. The van der Waals surface area contributed by atoms with Crippen LogP contribution in [-0.4, -0.2) is 16.8 Å². The topological polar surface area (TPSA) is 74.0 Å². The Morgan fingerprint density at radius 1 is 1.04 bits per heavy atom. The number of benzene rings is 2. The van der Waals surface area contributed by atoms with Crippen LogP contribution in [0.15, 0.2) is 54.6 Å².